The largest absolute Gasteiger partial charge is 0.384 e. The topological polar surface area (TPSA) is 38.7 Å². The van der Waals surface area contributed by atoms with Gasteiger partial charge >= 0.3 is 0 Å². The van der Waals surface area contributed by atoms with Gasteiger partial charge in [0.25, 0.3) is 0 Å². The molecule has 2 rings (SSSR count). The van der Waals surface area contributed by atoms with Crippen LogP contribution in [0, 0.1) is 0 Å². The third-order valence-electron chi connectivity index (χ3n) is 2.83. The molecule has 3 nitrogen and oxygen atoms in total. The molecule has 1 aliphatic rings. The van der Waals surface area contributed by atoms with Crippen LogP contribution in [0.1, 0.15) is 17.2 Å². The van der Waals surface area contributed by atoms with Gasteiger partial charge in [0.05, 0.1) is 10.6 Å². The highest BCUT2D eigenvalue weighted by atomic mass is 79.9. The second-order valence-corrected chi connectivity index (χ2v) is 4.43. The fourth-order valence-corrected chi connectivity index (χ4v) is 2.81. The van der Waals surface area contributed by atoms with E-state index in [1.807, 2.05) is 24.3 Å². The minimum atomic E-state index is -0.949. The molecule has 0 amide bonds. The van der Waals surface area contributed by atoms with Crippen molar-refractivity contribution < 1.29 is 14.6 Å². The maximum absolute atomic E-state index is 9.94. The molecule has 0 aliphatic heterocycles. The summed E-state index contributed by atoms with van der Waals surface area (Å²) in [4.78, 5) is 0. The van der Waals surface area contributed by atoms with Gasteiger partial charge < -0.3 is 14.6 Å². The van der Waals surface area contributed by atoms with Crippen LogP contribution in [0.3, 0.4) is 0 Å². The van der Waals surface area contributed by atoms with E-state index >= 15 is 0 Å². The molecule has 1 aromatic carbocycles. The molecule has 1 aromatic rings. The first-order valence-corrected chi connectivity index (χ1v) is 5.70. The highest BCUT2D eigenvalue weighted by molar-refractivity contribution is 9.11. The van der Waals surface area contributed by atoms with Crippen LogP contribution in [0.25, 0.3) is 0 Å². The average Bonchev–Trinajstić information content (AvgIpc) is 2.31. The molecule has 0 saturated heterocycles. The van der Waals surface area contributed by atoms with Gasteiger partial charge in [0.2, 0.25) is 5.79 Å². The van der Waals surface area contributed by atoms with E-state index in [9.17, 15) is 5.11 Å². The van der Waals surface area contributed by atoms with Gasteiger partial charge in [-0.2, -0.15) is 0 Å². The van der Waals surface area contributed by atoms with Crippen molar-refractivity contribution >= 4 is 15.9 Å². The number of methoxy groups -OCH3 is 2. The van der Waals surface area contributed by atoms with Gasteiger partial charge in [-0.25, -0.2) is 0 Å². The molecule has 1 N–H and O–H groups in total. The Hall–Kier alpha value is -0.680. The predicted molar refractivity (Wildman–Crippen MR) is 64.1 cm³/mol. The molecule has 16 heavy (non-hydrogen) atoms. The third-order valence-corrected chi connectivity index (χ3v) is 3.61. The summed E-state index contributed by atoms with van der Waals surface area (Å²) in [5.74, 6) is -0.949. The Kier molecular flexibility index (Phi) is 3.17. The van der Waals surface area contributed by atoms with Crippen LogP contribution in [-0.2, 0) is 15.3 Å². The van der Waals surface area contributed by atoms with Crippen LogP contribution < -0.4 is 0 Å². The van der Waals surface area contributed by atoms with E-state index < -0.39 is 11.9 Å². The molecule has 1 unspecified atom stereocenters. The van der Waals surface area contributed by atoms with Gasteiger partial charge in [-0.05, 0) is 27.6 Å². The predicted octanol–water partition coefficient (Wildman–Crippen LogP) is 2.46. The number of hydrogen-bond donors (Lipinski definition) is 1. The first-order valence-electron chi connectivity index (χ1n) is 4.91. The summed E-state index contributed by atoms with van der Waals surface area (Å²) in [6, 6.07) is 7.53. The molecule has 1 aliphatic carbocycles. The second kappa shape index (κ2) is 4.30. The standard InChI is InChI=1S/C12H13BrO3/c1-15-12(16-2)9-6-4-3-5-8(9)10(14)7-11(12)13/h3-7,10,14H,1-2H3. The molecule has 0 heterocycles. The van der Waals surface area contributed by atoms with E-state index in [1.54, 1.807) is 20.3 Å². The molecule has 0 spiro atoms. The summed E-state index contributed by atoms with van der Waals surface area (Å²) in [5.41, 5.74) is 1.62. The molecule has 0 aromatic heterocycles. The van der Waals surface area contributed by atoms with Gasteiger partial charge in [-0.3, -0.25) is 0 Å². The number of benzene rings is 1. The number of ether oxygens (including phenoxy) is 2. The van der Waals surface area contributed by atoms with Crippen molar-refractivity contribution in [2.45, 2.75) is 11.9 Å². The van der Waals surface area contributed by atoms with E-state index in [0.29, 0.717) is 4.48 Å². The number of fused-ring (bicyclic) bond motifs is 1. The van der Waals surface area contributed by atoms with Gasteiger partial charge in [-0.15, -0.1) is 0 Å². The summed E-state index contributed by atoms with van der Waals surface area (Å²) in [6.45, 7) is 0. The van der Waals surface area contributed by atoms with Crippen LogP contribution in [0.5, 0.6) is 0 Å². The van der Waals surface area contributed by atoms with Gasteiger partial charge in [0.15, 0.2) is 0 Å². The molecular formula is C12H13BrO3. The summed E-state index contributed by atoms with van der Waals surface area (Å²) >= 11 is 3.39. The lowest BCUT2D eigenvalue weighted by atomic mass is 9.90. The van der Waals surface area contributed by atoms with Crippen LogP contribution in [-0.4, -0.2) is 19.3 Å². The quantitative estimate of drug-likeness (QED) is 0.848. The molecule has 0 fully saturated rings. The maximum Gasteiger partial charge on any atom is 0.228 e. The normalized spacial score (nSPS) is 22.5. The Labute approximate surface area is 103 Å². The second-order valence-electron chi connectivity index (χ2n) is 3.57. The third kappa shape index (κ3) is 1.53. The summed E-state index contributed by atoms with van der Waals surface area (Å²) in [6.07, 6.45) is 1.04. The van der Waals surface area contributed by atoms with Crippen molar-refractivity contribution in [3.8, 4) is 0 Å². The van der Waals surface area contributed by atoms with E-state index in [1.165, 1.54) is 0 Å². The van der Waals surface area contributed by atoms with Gasteiger partial charge in [-0.1, -0.05) is 24.3 Å². The minimum absolute atomic E-state index is 0.635. The Morgan fingerprint density at radius 3 is 2.50 bits per heavy atom. The van der Waals surface area contributed by atoms with Crippen molar-refractivity contribution in [1.82, 2.24) is 0 Å². The zero-order chi connectivity index (χ0) is 11.8. The molecule has 0 saturated carbocycles. The fourth-order valence-electron chi connectivity index (χ4n) is 2.02. The molecule has 0 radical (unpaired) electrons. The SMILES string of the molecule is COC1(OC)C(Br)=CC(O)c2ccccc21. The minimum Gasteiger partial charge on any atom is -0.384 e. The summed E-state index contributed by atoms with van der Waals surface area (Å²) < 4.78 is 11.6. The molecule has 86 valence electrons. The molecule has 4 heteroatoms. The number of halogens is 1. The Morgan fingerprint density at radius 2 is 1.88 bits per heavy atom. The lowest BCUT2D eigenvalue weighted by Crippen LogP contribution is -2.35. The zero-order valence-corrected chi connectivity index (χ0v) is 10.7. The van der Waals surface area contributed by atoms with Crippen LogP contribution >= 0.6 is 15.9 Å². The molecular weight excluding hydrogens is 272 g/mol. The highest BCUT2D eigenvalue weighted by Crippen LogP contribution is 2.45. The first-order chi connectivity index (χ1) is 7.65. The van der Waals surface area contributed by atoms with Crippen molar-refractivity contribution in [3.05, 3.63) is 46.0 Å². The Balaban J connectivity index is 2.66. The first kappa shape index (κ1) is 11.8. The van der Waals surface area contributed by atoms with Crippen molar-refractivity contribution in [3.63, 3.8) is 0 Å². The average molecular weight is 285 g/mol. The zero-order valence-electron chi connectivity index (χ0n) is 9.11. The van der Waals surface area contributed by atoms with Crippen molar-refractivity contribution in [1.29, 1.82) is 0 Å². The summed E-state index contributed by atoms with van der Waals surface area (Å²) in [5, 5.41) is 9.94. The van der Waals surface area contributed by atoms with E-state index in [-0.39, 0.29) is 0 Å². The van der Waals surface area contributed by atoms with Crippen LogP contribution in [0.15, 0.2) is 34.8 Å². The van der Waals surface area contributed by atoms with Gasteiger partial charge in [0.1, 0.15) is 0 Å². The maximum atomic E-state index is 9.94. The molecule has 1 atom stereocenters. The van der Waals surface area contributed by atoms with Crippen molar-refractivity contribution in [2.24, 2.45) is 0 Å². The van der Waals surface area contributed by atoms with E-state index in [2.05, 4.69) is 15.9 Å². The monoisotopic (exact) mass is 284 g/mol. The fraction of sp³-hybridized carbons (Fsp3) is 0.333. The lowest BCUT2D eigenvalue weighted by Gasteiger charge is -2.36. The van der Waals surface area contributed by atoms with E-state index in [4.69, 9.17) is 9.47 Å². The number of hydrogen-bond acceptors (Lipinski definition) is 3. The smallest absolute Gasteiger partial charge is 0.228 e. The Bertz CT molecular complexity index is 424. The lowest BCUT2D eigenvalue weighted by molar-refractivity contribution is -0.183. The Morgan fingerprint density at radius 1 is 1.25 bits per heavy atom. The number of aliphatic hydroxyl groups excluding tert-OH is 1. The highest BCUT2D eigenvalue weighted by Gasteiger charge is 2.41. The number of rotatable bonds is 2. The van der Waals surface area contributed by atoms with Gasteiger partial charge in [0, 0.05) is 19.8 Å². The van der Waals surface area contributed by atoms with Crippen molar-refractivity contribution in [2.75, 3.05) is 14.2 Å². The van der Waals surface area contributed by atoms with Crippen LogP contribution in [0.2, 0.25) is 0 Å². The summed E-state index contributed by atoms with van der Waals surface area (Å²) in [7, 11) is 3.15. The van der Waals surface area contributed by atoms with Crippen LogP contribution in [0.4, 0.5) is 0 Å². The number of aliphatic hydroxyl groups is 1. The molecule has 0 bridgehead atoms. The van der Waals surface area contributed by atoms with E-state index in [0.717, 1.165) is 11.1 Å².